The Hall–Kier alpha value is -0.550. The van der Waals surface area contributed by atoms with Gasteiger partial charge in [-0.05, 0) is 38.0 Å². The van der Waals surface area contributed by atoms with Crippen LogP contribution in [0.2, 0.25) is 0 Å². The molecular formula is C9H13NO. The van der Waals surface area contributed by atoms with Crippen LogP contribution in [-0.2, 0) is 0 Å². The van der Waals surface area contributed by atoms with E-state index in [4.69, 9.17) is 5.26 Å². The van der Waals surface area contributed by atoms with Gasteiger partial charge >= 0.3 is 0 Å². The molecule has 1 unspecified atom stereocenters. The lowest BCUT2D eigenvalue weighted by molar-refractivity contribution is -0.0541. The van der Waals surface area contributed by atoms with Gasteiger partial charge in [0.15, 0.2) is 5.60 Å². The van der Waals surface area contributed by atoms with E-state index in [9.17, 15) is 5.11 Å². The molecule has 0 aromatic carbocycles. The summed E-state index contributed by atoms with van der Waals surface area (Å²) >= 11 is 0. The van der Waals surface area contributed by atoms with Crippen molar-refractivity contribution in [2.24, 2.45) is 11.8 Å². The predicted octanol–water partition coefficient (Wildman–Crippen LogP) is 1.45. The van der Waals surface area contributed by atoms with E-state index >= 15 is 0 Å². The largest absolute Gasteiger partial charge is 0.375 e. The van der Waals surface area contributed by atoms with E-state index in [2.05, 4.69) is 6.07 Å². The highest BCUT2D eigenvalue weighted by atomic mass is 16.3. The SMILES string of the molecule is N#CC1(O)CC2CCC1CC2. The molecule has 0 amide bonds. The quantitative estimate of drug-likeness (QED) is 0.532. The molecule has 2 heteroatoms. The van der Waals surface area contributed by atoms with E-state index in [-0.39, 0.29) is 5.92 Å². The molecular weight excluding hydrogens is 138 g/mol. The summed E-state index contributed by atoms with van der Waals surface area (Å²) in [6.45, 7) is 0. The Morgan fingerprint density at radius 1 is 1.27 bits per heavy atom. The minimum Gasteiger partial charge on any atom is -0.375 e. The third kappa shape index (κ3) is 0.954. The average Bonchev–Trinajstić information content (AvgIpc) is 2.06. The molecule has 3 fully saturated rings. The number of hydrogen-bond donors (Lipinski definition) is 1. The van der Waals surface area contributed by atoms with Gasteiger partial charge < -0.3 is 5.11 Å². The van der Waals surface area contributed by atoms with Gasteiger partial charge in [0.1, 0.15) is 0 Å². The fourth-order valence-corrected chi connectivity index (χ4v) is 2.59. The lowest BCUT2D eigenvalue weighted by Gasteiger charge is -2.44. The molecule has 1 atom stereocenters. The summed E-state index contributed by atoms with van der Waals surface area (Å²) in [7, 11) is 0. The van der Waals surface area contributed by atoms with E-state index in [1.54, 1.807) is 0 Å². The van der Waals surface area contributed by atoms with Gasteiger partial charge in [-0.15, -0.1) is 0 Å². The summed E-state index contributed by atoms with van der Waals surface area (Å²) < 4.78 is 0. The van der Waals surface area contributed by atoms with E-state index in [0.29, 0.717) is 5.92 Å². The highest BCUT2D eigenvalue weighted by Gasteiger charge is 2.46. The van der Waals surface area contributed by atoms with Gasteiger partial charge in [0, 0.05) is 5.92 Å². The fourth-order valence-electron chi connectivity index (χ4n) is 2.59. The van der Waals surface area contributed by atoms with Crippen molar-refractivity contribution >= 4 is 0 Å². The highest BCUT2D eigenvalue weighted by molar-refractivity contribution is 5.10. The molecule has 3 rings (SSSR count). The van der Waals surface area contributed by atoms with E-state index < -0.39 is 5.60 Å². The van der Waals surface area contributed by atoms with Crippen molar-refractivity contribution in [2.75, 3.05) is 0 Å². The van der Waals surface area contributed by atoms with Gasteiger partial charge in [-0.3, -0.25) is 0 Å². The van der Waals surface area contributed by atoms with Crippen LogP contribution < -0.4 is 0 Å². The van der Waals surface area contributed by atoms with Crippen LogP contribution >= 0.6 is 0 Å². The van der Waals surface area contributed by atoms with E-state index in [1.807, 2.05) is 0 Å². The maximum Gasteiger partial charge on any atom is 0.154 e. The van der Waals surface area contributed by atoms with Crippen molar-refractivity contribution in [2.45, 2.75) is 37.7 Å². The molecule has 2 bridgehead atoms. The van der Waals surface area contributed by atoms with E-state index in [0.717, 1.165) is 19.3 Å². The molecule has 0 aromatic rings. The number of nitrogens with zero attached hydrogens (tertiary/aromatic N) is 1. The molecule has 2 nitrogen and oxygen atoms in total. The van der Waals surface area contributed by atoms with Gasteiger partial charge in [-0.2, -0.15) is 5.26 Å². The van der Waals surface area contributed by atoms with Gasteiger partial charge in [0.2, 0.25) is 0 Å². The average molecular weight is 151 g/mol. The fraction of sp³-hybridized carbons (Fsp3) is 0.889. The second kappa shape index (κ2) is 2.22. The predicted molar refractivity (Wildman–Crippen MR) is 40.6 cm³/mol. The third-order valence-electron chi connectivity index (χ3n) is 3.32. The van der Waals surface area contributed by atoms with Crippen LogP contribution in [0.15, 0.2) is 0 Å². The van der Waals surface area contributed by atoms with Crippen LogP contribution in [0, 0.1) is 23.2 Å². The molecule has 0 spiro atoms. The summed E-state index contributed by atoms with van der Waals surface area (Å²) in [6, 6.07) is 2.07. The normalized spacial score (nSPS) is 48.7. The molecule has 0 aliphatic heterocycles. The summed E-state index contributed by atoms with van der Waals surface area (Å²) in [5, 5.41) is 18.6. The molecule has 0 saturated heterocycles. The van der Waals surface area contributed by atoms with Crippen molar-refractivity contribution in [3.05, 3.63) is 0 Å². The first-order chi connectivity index (χ1) is 5.24. The van der Waals surface area contributed by atoms with Crippen LogP contribution in [0.1, 0.15) is 32.1 Å². The van der Waals surface area contributed by atoms with Crippen LogP contribution in [0.5, 0.6) is 0 Å². The maximum absolute atomic E-state index is 9.81. The highest BCUT2D eigenvalue weighted by Crippen LogP contribution is 2.46. The first-order valence-corrected chi connectivity index (χ1v) is 4.38. The second-order valence-electron chi connectivity index (χ2n) is 3.96. The van der Waals surface area contributed by atoms with Crippen molar-refractivity contribution in [3.63, 3.8) is 0 Å². The number of aliphatic hydroxyl groups is 1. The monoisotopic (exact) mass is 151 g/mol. The zero-order chi connectivity index (χ0) is 7.90. The molecule has 60 valence electrons. The minimum atomic E-state index is -0.957. The Labute approximate surface area is 66.8 Å². The number of hydrogen-bond acceptors (Lipinski definition) is 2. The van der Waals surface area contributed by atoms with Gasteiger partial charge in [-0.1, -0.05) is 0 Å². The van der Waals surface area contributed by atoms with E-state index in [1.165, 1.54) is 12.8 Å². The summed E-state index contributed by atoms with van der Waals surface area (Å²) in [4.78, 5) is 0. The Morgan fingerprint density at radius 3 is 2.18 bits per heavy atom. The Kier molecular flexibility index (Phi) is 1.43. The standard InChI is InChI=1S/C9H13NO/c10-6-9(11)5-7-1-3-8(9)4-2-7/h7-8,11H,1-5H2. The molecule has 3 saturated carbocycles. The first kappa shape index (κ1) is 7.12. The Bertz CT molecular complexity index is 200. The lowest BCUT2D eigenvalue weighted by Crippen LogP contribution is -2.46. The summed E-state index contributed by atoms with van der Waals surface area (Å²) in [6.07, 6.45) is 5.32. The van der Waals surface area contributed by atoms with Crippen LogP contribution in [0.4, 0.5) is 0 Å². The Balaban J connectivity index is 2.21. The first-order valence-electron chi connectivity index (χ1n) is 4.38. The molecule has 11 heavy (non-hydrogen) atoms. The van der Waals surface area contributed by atoms with Crippen molar-refractivity contribution in [1.82, 2.24) is 0 Å². The topological polar surface area (TPSA) is 44.0 Å². The Morgan fingerprint density at radius 2 is 1.91 bits per heavy atom. The second-order valence-corrected chi connectivity index (χ2v) is 3.96. The van der Waals surface area contributed by atoms with Crippen molar-refractivity contribution in [3.8, 4) is 6.07 Å². The summed E-state index contributed by atoms with van der Waals surface area (Å²) in [5.41, 5.74) is -0.957. The third-order valence-corrected chi connectivity index (χ3v) is 3.32. The van der Waals surface area contributed by atoms with Crippen LogP contribution in [0.25, 0.3) is 0 Å². The zero-order valence-electron chi connectivity index (χ0n) is 6.58. The molecule has 0 aromatic heterocycles. The molecule has 3 aliphatic rings. The summed E-state index contributed by atoms with van der Waals surface area (Å²) in [5.74, 6) is 0.905. The molecule has 3 aliphatic carbocycles. The number of fused-ring (bicyclic) bond motifs is 3. The minimum absolute atomic E-state index is 0.275. The van der Waals surface area contributed by atoms with Crippen molar-refractivity contribution in [1.29, 1.82) is 5.26 Å². The van der Waals surface area contributed by atoms with Gasteiger partial charge in [-0.25, -0.2) is 0 Å². The van der Waals surface area contributed by atoms with Crippen LogP contribution in [0.3, 0.4) is 0 Å². The van der Waals surface area contributed by atoms with Crippen LogP contribution in [-0.4, -0.2) is 10.7 Å². The van der Waals surface area contributed by atoms with Crippen molar-refractivity contribution < 1.29 is 5.11 Å². The zero-order valence-corrected chi connectivity index (χ0v) is 6.58. The molecule has 0 heterocycles. The maximum atomic E-state index is 9.81. The number of nitriles is 1. The number of rotatable bonds is 0. The van der Waals surface area contributed by atoms with Gasteiger partial charge in [0.05, 0.1) is 6.07 Å². The molecule has 1 N–H and O–H groups in total. The van der Waals surface area contributed by atoms with Gasteiger partial charge in [0.25, 0.3) is 0 Å². The molecule has 0 radical (unpaired) electrons. The lowest BCUT2D eigenvalue weighted by atomic mass is 9.63. The smallest absolute Gasteiger partial charge is 0.154 e.